The fraction of sp³-hybridized carbons (Fsp3) is 0.182. The summed E-state index contributed by atoms with van der Waals surface area (Å²) in [6.07, 6.45) is 0. The van der Waals surface area contributed by atoms with E-state index in [-0.39, 0.29) is 5.82 Å². The predicted molar refractivity (Wildman–Crippen MR) is 63.9 cm³/mol. The molecule has 1 aromatic heterocycles. The third-order valence-corrected chi connectivity index (χ3v) is 3.27. The van der Waals surface area contributed by atoms with Crippen molar-refractivity contribution in [3.05, 3.63) is 38.7 Å². The molecule has 0 amide bonds. The van der Waals surface area contributed by atoms with E-state index in [2.05, 4.69) is 20.9 Å². The van der Waals surface area contributed by atoms with Gasteiger partial charge in [-0.2, -0.15) is 0 Å². The van der Waals surface area contributed by atoms with E-state index >= 15 is 0 Å². The maximum Gasteiger partial charge on any atom is 0.146 e. The zero-order chi connectivity index (χ0) is 11.2. The summed E-state index contributed by atoms with van der Waals surface area (Å²) in [4.78, 5) is 4.18. The van der Waals surface area contributed by atoms with Crippen LogP contribution < -0.4 is 0 Å². The SMILES string of the molecule is Cc1cc2c(F)c(Br)cc(C)c2nc1Cl. The third-order valence-electron chi connectivity index (χ3n) is 2.31. The molecule has 1 nitrogen and oxygen atoms in total. The molecule has 0 spiro atoms. The molecular weight excluding hydrogens is 280 g/mol. The van der Waals surface area contributed by atoms with Gasteiger partial charge in [0.15, 0.2) is 0 Å². The minimum absolute atomic E-state index is 0.289. The molecule has 0 aliphatic carbocycles. The summed E-state index contributed by atoms with van der Waals surface area (Å²) in [5, 5.41) is 0.927. The smallest absolute Gasteiger partial charge is 0.146 e. The molecule has 2 aromatic rings. The van der Waals surface area contributed by atoms with Gasteiger partial charge in [-0.05, 0) is 53.0 Å². The van der Waals surface area contributed by atoms with Crippen LogP contribution in [0.2, 0.25) is 5.15 Å². The fourth-order valence-electron chi connectivity index (χ4n) is 1.51. The van der Waals surface area contributed by atoms with Gasteiger partial charge >= 0.3 is 0 Å². The van der Waals surface area contributed by atoms with Gasteiger partial charge in [-0.25, -0.2) is 9.37 Å². The first kappa shape index (κ1) is 10.8. The maximum absolute atomic E-state index is 13.8. The Kier molecular flexibility index (Phi) is 2.69. The van der Waals surface area contributed by atoms with Crippen LogP contribution in [0, 0.1) is 19.7 Å². The number of hydrogen-bond acceptors (Lipinski definition) is 1. The topological polar surface area (TPSA) is 12.9 Å². The summed E-state index contributed by atoms with van der Waals surface area (Å²) in [5.41, 5.74) is 2.30. The van der Waals surface area contributed by atoms with Gasteiger partial charge in [-0.15, -0.1) is 0 Å². The average molecular weight is 289 g/mol. The Morgan fingerprint density at radius 2 is 1.93 bits per heavy atom. The molecule has 4 heteroatoms. The van der Waals surface area contributed by atoms with Crippen LogP contribution in [0.1, 0.15) is 11.1 Å². The predicted octanol–water partition coefficient (Wildman–Crippen LogP) is 4.41. The van der Waals surface area contributed by atoms with Crippen molar-refractivity contribution in [2.75, 3.05) is 0 Å². The molecule has 0 radical (unpaired) electrons. The number of nitrogens with zero attached hydrogens (tertiary/aromatic N) is 1. The van der Waals surface area contributed by atoms with E-state index in [1.807, 2.05) is 13.8 Å². The van der Waals surface area contributed by atoms with Crippen LogP contribution in [0.5, 0.6) is 0 Å². The quantitative estimate of drug-likeness (QED) is 0.655. The van der Waals surface area contributed by atoms with E-state index in [1.165, 1.54) is 0 Å². The first-order valence-electron chi connectivity index (χ1n) is 4.42. The number of halogens is 3. The molecule has 78 valence electrons. The van der Waals surface area contributed by atoms with E-state index < -0.39 is 0 Å². The highest BCUT2D eigenvalue weighted by Gasteiger charge is 2.11. The number of rotatable bonds is 0. The largest absolute Gasteiger partial charge is 0.235 e. The lowest BCUT2D eigenvalue weighted by molar-refractivity contribution is 0.632. The van der Waals surface area contributed by atoms with E-state index in [1.54, 1.807) is 12.1 Å². The van der Waals surface area contributed by atoms with Crippen LogP contribution in [-0.4, -0.2) is 4.98 Å². The van der Waals surface area contributed by atoms with E-state index in [4.69, 9.17) is 11.6 Å². The Morgan fingerprint density at radius 1 is 1.27 bits per heavy atom. The Labute approximate surface area is 100 Å². The van der Waals surface area contributed by atoms with Gasteiger partial charge in [-0.1, -0.05) is 11.6 Å². The average Bonchev–Trinajstić information content (AvgIpc) is 2.18. The molecule has 0 saturated carbocycles. The molecule has 0 aliphatic rings. The summed E-state index contributed by atoms with van der Waals surface area (Å²) in [6, 6.07) is 3.42. The summed E-state index contributed by atoms with van der Waals surface area (Å²) in [7, 11) is 0. The minimum atomic E-state index is -0.289. The van der Waals surface area contributed by atoms with Crippen molar-refractivity contribution >= 4 is 38.4 Å². The van der Waals surface area contributed by atoms with Crippen molar-refractivity contribution in [1.29, 1.82) is 0 Å². The Hall–Kier alpha value is -0.670. The van der Waals surface area contributed by atoms with Crippen LogP contribution in [0.4, 0.5) is 4.39 Å². The Balaban J connectivity index is 2.97. The van der Waals surface area contributed by atoms with Crippen molar-refractivity contribution in [3.63, 3.8) is 0 Å². The second-order valence-electron chi connectivity index (χ2n) is 3.48. The third kappa shape index (κ3) is 1.74. The van der Waals surface area contributed by atoms with Crippen molar-refractivity contribution < 1.29 is 4.39 Å². The zero-order valence-corrected chi connectivity index (χ0v) is 10.6. The first-order valence-corrected chi connectivity index (χ1v) is 5.59. The standard InChI is InChI=1S/C11H8BrClFN/c1-5-4-8(12)9(14)7-3-6(2)11(13)15-10(5)7/h3-4H,1-2H3. The highest BCUT2D eigenvalue weighted by Crippen LogP contribution is 2.29. The van der Waals surface area contributed by atoms with Crippen molar-refractivity contribution in [1.82, 2.24) is 4.98 Å². The molecule has 15 heavy (non-hydrogen) atoms. The van der Waals surface area contributed by atoms with Gasteiger partial charge in [0.1, 0.15) is 11.0 Å². The van der Waals surface area contributed by atoms with Gasteiger partial charge in [0.25, 0.3) is 0 Å². The molecule has 0 saturated heterocycles. The highest BCUT2D eigenvalue weighted by molar-refractivity contribution is 9.10. The first-order chi connectivity index (χ1) is 7.00. The minimum Gasteiger partial charge on any atom is -0.235 e. The zero-order valence-electron chi connectivity index (χ0n) is 8.24. The summed E-state index contributed by atoms with van der Waals surface area (Å²) in [5.74, 6) is -0.289. The second-order valence-corrected chi connectivity index (χ2v) is 4.69. The number of fused-ring (bicyclic) bond motifs is 1. The molecule has 1 aromatic carbocycles. The summed E-state index contributed by atoms with van der Waals surface area (Å²) >= 11 is 9.08. The molecule has 0 bridgehead atoms. The summed E-state index contributed by atoms with van der Waals surface area (Å²) in [6.45, 7) is 3.69. The number of hydrogen-bond donors (Lipinski definition) is 0. The van der Waals surface area contributed by atoms with Crippen LogP contribution in [-0.2, 0) is 0 Å². The molecular formula is C11H8BrClFN. The number of aryl methyl sites for hydroxylation is 2. The van der Waals surface area contributed by atoms with Crippen LogP contribution in [0.3, 0.4) is 0 Å². The lowest BCUT2D eigenvalue weighted by Gasteiger charge is -2.07. The number of aromatic nitrogens is 1. The molecule has 0 N–H and O–H groups in total. The second kappa shape index (κ2) is 3.72. The molecule has 0 aliphatic heterocycles. The van der Waals surface area contributed by atoms with Gasteiger partial charge in [0.2, 0.25) is 0 Å². The molecule has 0 unspecified atom stereocenters. The summed E-state index contributed by atoms with van der Waals surface area (Å²) < 4.78 is 14.2. The normalized spacial score (nSPS) is 11.0. The lowest BCUT2D eigenvalue weighted by atomic mass is 10.1. The monoisotopic (exact) mass is 287 g/mol. The fourth-order valence-corrected chi connectivity index (χ4v) is 2.21. The Morgan fingerprint density at radius 3 is 2.60 bits per heavy atom. The van der Waals surface area contributed by atoms with Crippen LogP contribution in [0.15, 0.2) is 16.6 Å². The van der Waals surface area contributed by atoms with Gasteiger partial charge in [0.05, 0.1) is 9.99 Å². The van der Waals surface area contributed by atoms with Crippen molar-refractivity contribution in [2.45, 2.75) is 13.8 Å². The van der Waals surface area contributed by atoms with Crippen LogP contribution in [0.25, 0.3) is 10.9 Å². The van der Waals surface area contributed by atoms with Gasteiger partial charge in [-0.3, -0.25) is 0 Å². The van der Waals surface area contributed by atoms with Crippen LogP contribution >= 0.6 is 27.5 Å². The van der Waals surface area contributed by atoms with E-state index in [9.17, 15) is 4.39 Å². The lowest BCUT2D eigenvalue weighted by Crippen LogP contribution is -1.91. The maximum atomic E-state index is 13.8. The van der Waals surface area contributed by atoms with Gasteiger partial charge in [0, 0.05) is 5.39 Å². The van der Waals surface area contributed by atoms with Crippen molar-refractivity contribution in [3.8, 4) is 0 Å². The van der Waals surface area contributed by atoms with Crippen molar-refractivity contribution in [2.24, 2.45) is 0 Å². The molecule has 2 rings (SSSR count). The molecule has 1 heterocycles. The van der Waals surface area contributed by atoms with E-state index in [0.29, 0.717) is 20.5 Å². The van der Waals surface area contributed by atoms with E-state index in [0.717, 1.165) is 11.1 Å². The molecule has 0 fully saturated rings. The number of pyridine rings is 1. The number of benzene rings is 1. The highest BCUT2D eigenvalue weighted by atomic mass is 79.9. The molecule has 0 atom stereocenters. The van der Waals surface area contributed by atoms with Gasteiger partial charge < -0.3 is 0 Å². The Bertz CT molecular complexity index is 554.